The van der Waals surface area contributed by atoms with Gasteiger partial charge in [-0.25, -0.2) is 0 Å². The van der Waals surface area contributed by atoms with Crippen molar-refractivity contribution in [2.75, 3.05) is 20.3 Å². The van der Waals surface area contributed by atoms with Crippen LogP contribution in [0.5, 0.6) is 11.5 Å². The second-order valence-corrected chi connectivity index (χ2v) is 4.87. The lowest BCUT2D eigenvalue weighted by atomic mass is 10.0. The van der Waals surface area contributed by atoms with Crippen LogP contribution >= 0.6 is 0 Å². The summed E-state index contributed by atoms with van der Waals surface area (Å²) in [5.74, 6) is 0.131. The second kappa shape index (κ2) is 5.48. The van der Waals surface area contributed by atoms with Crippen molar-refractivity contribution in [3.63, 3.8) is 0 Å². The SMILES string of the molecule is COc1cccc(C(=O)N2CCC(C)C2CO)c1O. The maximum absolute atomic E-state index is 12.5. The molecule has 5 nitrogen and oxygen atoms in total. The topological polar surface area (TPSA) is 70.0 Å². The number of para-hydroxylation sites is 1. The molecule has 1 fully saturated rings. The van der Waals surface area contributed by atoms with E-state index >= 15 is 0 Å². The van der Waals surface area contributed by atoms with Crippen LogP contribution in [0.15, 0.2) is 18.2 Å². The van der Waals surface area contributed by atoms with Gasteiger partial charge < -0.3 is 19.8 Å². The summed E-state index contributed by atoms with van der Waals surface area (Å²) in [4.78, 5) is 14.1. The molecule has 2 N–H and O–H groups in total. The lowest BCUT2D eigenvalue weighted by molar-refractivity contribution is 0.0644. The first-order chi connectivity index (χ1) is 9.10. The molecular formula is C14H19NO4. The zero-order valence-corrected chi connectivity index (χ0v) is 11.2. The number of rotatable bonds is 3. The highest BCUT2D eigenvalue weighted by atomic mass is 16.5. The summed E-state index contributed by atoms with van der Waals surface area (Å²) in [6.45, 7) is 2.55. The van der Waals surface area contributed by atoms with Gasteiger partial charge in [-0.1, -0.05) is 13.0 Å². The largest absolute Gasteiger partial charge is 0.504 e. The van der Waals surface area contributed by atoms with Gasteiger partial charge in [0.2, 0.25) is 0 Å². The molecule has 1 heterocycles. The van der Waals surface area contributed by atoms with Gasteiger partial charge in [-0.05, 0) is 24.5 Å². The lowest BCUT2D eigenvalue weighted by Crippen LogP contribution is -2.39. The summed E-state index contributed by atoms with van der Waals surface area (Å²) >= 11 is 0. The molecule has 1 saturated heterocycles. The predicted octanol–water partition coefficient (Wildman–Crippen LogP) is 1.24. The second-order valence-electron chi connectivity index (χ2n) is 4.87. The molecule has 0 aromatic heterocycles. The summed E-state index contributed by atoms with van der Waals surface area (Å²) in [6.07, 6.45) is 0.863. The number of phenols is 1. The van der Waals surface area contributed by atoms with Crippen molar-refractivity contribution in [3.05, 3.63) is 23.8 Å². The predicted molar refractivity (Wildman–Crippen MR) is 70.4 cm³/mol. The molecule has 1 aromatic rings. The average Bonchev–Trinajstić information content (AvgIpc) is 2.79. The van der Waals surface area contributed by atoms with E-state index in [1.165, 1.54) is 7.11 Å². The zero-order chi connectivity index (χ0) is 14.0. The van der Waals surface area contributed by atoms with Gasteiger partial charge in [-0.2, -0.15) is 0 Å². The Morgan fingerprint density at radius 3 is 2.89 bits per heavy atom. The first kappa shape index (κ1) is 13.7. The molecule has 0 bridgehead atoms. The molecule has 0 saturated carbocycles. The van der Waals surface area contributed by atoms with E-state index in [9.17, 15) is 15.0 Å². The third-order valence-electron chi connectivity index (χ3n) is 3.78. The number of benzene rings is 1. The minimum atomic E-state index is -0.264. The monoisotopic (exact) mass is 265 g/mol. The number of phenolic OH excluding ortho intramolecular Hbond substituents is 1. The Morgan fingerprint density at radius 1 is 1.53 bits per heavy atom. The number of ether oxygens (including phenoxy) is 1. The molecule has 2 unspecified atom stereocenters. The van der Waals surface area contributed by atoms with Crippen LogP contribution in [-0.4, -0.2) is 47.3 Å². The number of aromatic hydroxyl groups is 1. The number of aliphatic hydroxyl groups is 1. The van der Waals surface area contributed by atoms with Crippen LogP contribution in [0.3, 0.4) is 0 Å². The number of carbonyl (C=O) groups is 1. The summed E-state index contributed by atoms with van der Waals surface area (Å²) in [6, 6.07) is 4.65. The molecule has 0 spiro atoms. The number of hydrogen-bond donors (Lipinski definition) is 2. The number of carbonyl (C=O) groups excluding carboxylic acids is 1. The van der Waals surface area contributed by atoms with E-state index in [-0.39, 0.29) is 41.5 Å². The molecule has 1 aliphatic heterocycles. The molecular weight excluding hydrogens is 246 g/mol. The number of hydrogen-bond acceptors (Lipinski definition) is 4. The van der Waals surface area contributed by atoms with Crippen molar-refractivity contribution in [1.29, 1.82) is 0 Å². The van der Waals surface area contributed by atoms with Gasteiger partial charge in [0.05, 0.1) is 25.3 Å². The summed E-state index contributed by atoms with van der Waals surface area (Å²) in [5.41, 5.74) is 0.215. The van der Waals surface area contributed by atoms with E-state index in [2.05, 4.69) is 0 Å². The van der Waals surface area contributed by atoms with Crippen molar-refractivity contribution in [3.8, 4) is 11.5 Å². The van der Waals surface area contributed by atoms with Crippen LogP contribution in [0.4, 0.5) is 0 Å². The van der Waals surface area contributed by atoms with E-state index in [1.807, 2.05) is 6.92 Å². The van der Waals surface area contributed by atoms with Crippen molar-refractivity contribution >= 4 is 5.91 Å². The Bertz CT molecular complexity index is 475. The number of amides is 1. The van der Waals surface area contributed by atoms with Crippen LogP contribution in [0, 0.1) is 5.92 Å². The highest BCUT2D eigenvalue weighted by molar-refractivity contribution is 5.98. The van der Waals surface area contributed by atoms with E-state index < -0.39 is 0 Å². The molecule has 1 aromatic carbocycles. The highest BCUT2D eigenvalue weighted by Crippen LogP contribution is 2.33. The molecule has 0 aliphatic carbocycles. The fourth-order valence-electron chi connectivity index (χ4n) is 2.55. The minimum Gasteiger partial charge on any atom is -0.504 e. The molecule has 2 atom stereocenters. The molecule has 19 heavy (non-hydrogen) atoms. The summed E-state index contributed by atoms with van der Waals surface area (Å²) < 4.78 is 5.00. The van der Waals surface area contributed by atoms with Gasteiger partial charge in [0.1, 0.15) is 0 Å². The Kier molecular flexibility index (Phi) is 3.95. The third-order valence-corrected chi connectivity index (χ3v) is 3.78. The molecule has 5 heteroatoms. The normalized spacial score (nSPS) is 22.6. The van der Waals surface area contributed by atoms with Crippen LogP contribution in [0.1, 0.15) is 23.7 Å². The number of aliphatic hydroxyl groups excluding tert-OH is 1. The van der Waals surface area contributed by atoms with E-state index in [0.29, 0.717) is 6.54 Å². The van der Waals surface area contributed by atoms with E-state index in [1.54, 1.807) is 23.1 Å². The Balaban J connectivity index is 2.30. The van der Waals surface area contributed by atoms with Crippen molar-refractivity contribution in [2.24, 2.45) is 5.92 Å². The maximum Gasteiger partial charge on any atom is 0.258 e. The van der Waals surface area contributed by atoms with Crippen LogP contribution in [0.25, 0.3) is 0 Å². The average molecular weight is 265 g/mol. The molecule has 2 rings (SSSR count). The van der Waals surface area contributed by atoms with Crippen molar-refractivity contribution in [2.45, 2.75) is 19.4 Å². The lowest BCUT2D eigenvalue weighted by Gasteiger charge is -2.25. The first-order valence-electron chi connectivity index (χ1n) is 6.38. The van der Waals surface area contributed by atoms with Gasteiger partial charge in [0.25, 0.3) is 5.91 Å². The molecule has 0 radical (unpaired) electrons. The molecule has 1 amide bonds. The van der Waals surface area contributed by atoms with Crippen LogP contribution in [0.2, 0.25) is 0 Å². The van der Waals surface area contributed by atoms with Gasteiger partial charge in [0.15, 0.2) is 11.5 Å². The van der Waals surface area contributed by atoms with Crippen LogP contribution in [-0.2, 0) is 0 Å². The standard InChI is InChI=1S/C14H19NO4/c1-9-6-7-15(11(9)8-16)14(18)10-4-3-5-12(19-2)13(10)17/h3-5,9,11,16-17H,6-8H2,1-2H3. The molecule has 1 aliphatic rings. The number of nitrogens with zero attached hydrogens (tertiary/aromatic N) is 1. The van der Waals surface area contributed by atoms with Gasteiger partial charge >= 0.3 is 0 Å². The van der Waals surface area contributed by atoms with E-state index in [0.717, 1.165) is 6.42 Å². The fourth-order valence-corrected chi connectivity index (χ4v) is 2.55. The van der Waals surface area contributed by atoms with Gasteiger partial charge in [-0.15, -0.1) is 0 Å². The molecule has 104 valence electrons. The third kappa shape index (κ3) is 2.38. The fraction of sp³-hybridized carbons (Fsp3) is 0.500. The highest BCUT2D eigenvalue weighted by Gasteiger charge is 2.35. The van der Waals surface area contributed by atoms with Gasteiger partial charge in [0, 0.05) is 6.54 Å². The number of likely N-dealkylation sites (tertiary alicyclic amines) is 1. The van der Waals surface area contributed by atoms with Crippen LogP contribution < -0.4 is 4.74 Å². The smallest absolute Gasteiger partial charge is 0.258 e. The Hall–Kier alpha value is -1.75. The number of methoxy groups -OCH3 is 1. The van der Waals surface area contributed by atoms with E-state index in [4.69, 9.17) is 4.74 Å². The first-order valence-corrected chi connectivity index (χ1v) is 6.38. The summed E-state index contributed by atoms with van der Waals surface area (Å²) in [5, 5.41) is 19.4. The maximum atomic E-state index is 12.5. The van der Waals surface area contributed by atoms with Gasteiger partial charge in [-0.3, -0.25) is 4.79 Å². The Morgan fingerprint density at radius 2 is 2.26 bits per heavy atom. The quantitative estimate of drug-likeness (QED) is 0.862. The summed E-state index contributed by atoms with van der Waals surface area (Å²) in [7, 11) is 1.44. The minimum absolute atomic E-state index is 0.0579. The van der Waals surface area contributed by atoms with Crippen molar-refractivity contribution in [1.82, 2.24) is 4.90 Å². The Labute approximate surface area is 112 Å². The van der Waals surface area contributed by atoms with Crippen molar-refractivity contribution < 1.29 is 19.7 Å². The zero-order valence-electron chi connectivity index (χ0n) is 11.2.